The van der Waals surface area contributed by atoms with Crippen molar-refractivity contribution in [3.63, 3.8) is 0 Å². The number of carboxylic acid groups (broad SMARTS) is 1. The molecule has 2 aliphatic heterocycles. The van der Waals surface area contributed by atoms with Crippen LogP contribution in [0, 0.1) is 17.8 Å². The third-order valence-electron chi connectivity index (χ3n) is 6.20. The van der Waals surface area contributed by atoms with Crippen molar-refractivity contribution in [1.82, 2.24) is 10.2 Å². The fourth-order valence-corrected chi connectivity index (χ4v) is 5.19. The molecule has 192 valence electrons. The predicted molar refractivity (Wildman–Crippen MR) is 138 cm³/mol. The molecule has 1 aromatic rings. The minimum absolute atomic E-state index is 0.133. The summed E-state index contributed by atoms with van der Waals surface area (Å²) in [5.74, 6) is 7.44. The van der Waals surface area contributed by atoms with E-state index in [9.17, 15) is 9.59 Å². The van der Waals surface area contributed by atoms with Crippen LogP contribution in [0.15, 0.2) is 29.2 Å². The molecule has 1 amide bonds. The van der Waals surface area contributed by atoms with Gasteiger partial charge in [0.25, 0.3) is 0 Å². The third kappa shape index (κ3) is 9.40. The van der Waals surface area contributed by atoms with Crippen LogP contribution >= 0.6 is 11.8 Å². The number of benzene rings is 1. The molecule has 2 aliphatic rings. The molecular formula is C27H38N2O5S. The maximum absolute atomic E-state index is 12.1. The van der Waals surface area contributed by atoms with Gasteiger partial charge in [-0.1, -0.05) is 5.92 Å². The number of likely N-dealkylation sites (tertiary alicyclic amines) is 1. The van der Waals surface area contributed by atoms with Crippen molar-refractivity contribution in [2.75, 3.05) is 32.1 Å². The van der Waals surface area contributed by atoms with E-state index in [1.807, 2.05) is 32.9 Å². The second-order valence-electron chi connectivity index (χ2n) is 10.1. The number of amides is 1. The lowest BCUT2D eigenvalue weighted by Gasteiger charge is -2.40. The van der Waals surface area contributed by atoms with Crippen molar-refractivity contribution in [3.8, 4) is 11.8 Å². The molecule has 1 aromatic carbocycles. The summed E-state index contributed by atoms with van der Waals surface area (Å²) in [6, 6.07) is 7.32. The van der Waals surface area contributed by atoms with Crippen molar-refractivity contribution in [2.45, 2.75) is 75.5 Å². The highest BCUT2D eigenvalue weighted by molar-refractivity contribution is 7.99. The number of piperidine rings is 1. The molecule has 2 heterocycles. The van der Waals surface area contributed by atoms with E-state index in [1.54, 1.807) is 23.9 Å². The third-order valence-corrected chi connectivity index (χ3v) is 7.22. The van der Waals surface area contributed by atoms with Crippen molar-refractivity contribution < 1.29 is 24.2 Å². The van der Waals surface area contributed by atoms with E-state index in [4.69, 9.17) is 14.6 Å². The highest BCUT2D eigenvalue weighted by Crippen LogP contribution is 2.26. The Balaban J connectivity index is 1.51. The van der Waals surface area contributed by atoms with Gasteiger partial charge in [0.05, 0.1) is 11.6 Å². The van der Waals surface area contributed by atoms with Gasteiger partial charge in [-0.05, 0) is 76.6 Å². The van der Waals surface area contributed by atoms with Gasteiger partial charge in [0.15, 0.2) is 0 Å². The van der Waals surface area contributed by atoms with E-state index in [0.717, 1.165) is 69.1 Å². The van der Waals surface area contributed by atoms with Crippen molar-refractivity contribution >= 4 is 23.8 Å². The van der Waals surface area contributed by atoms with Gasteiger partial charge in [0, 0.05) is 49.4 Å². The van der Waals surface area contributed by atoms with E-state index in [0.29, 0.717) is 11.5 Å². The van der Waals surface area contributed by atoms with E-state index in [1.165, 1.54) is 0 Å². The number of carboxylic acids is 1. The molecule has 0 aliphatic carbocycles. The Morgan fingerprint density at radius 3 is 2.43 bits per heavy atom. The van der Waals surface area contributed by atoms with Crippen LogP contribution in [0.2, 0.25) is 0 Å². The Labute approximate surface area is 213 Å². The highest BCUT2D eigenvalue weighted by atomic mass is 32.2. The molecule has 0 aromatic heterocycles. The second kappa shape index (κ2) is 13.2. The summed E-state index contributed by atoms with van der Waals surface area (Å²) in [6.45, 7) is 9.02. The quantitative estimate of drug-likeness (QED) is 0.319. The van der Waals surface area contributed by atoms with Gasteiger partial charge < -0.3 is 19.9 Å². The summed E-state index contributed by atoms with van der Waals surface area (Å²) >= 11 is 1.69. The Hall–Kier alpha value is -2.21. The van der Waals surface area contributed by atoms with Crippen molar-refractivity contribution in [1.29, 1.82) is 0 Å². The smallest absolute Gasteiger partial charge is 0.407 e. The summed E-state index contributed by atoms with van der Waals surface area (Å²) in [5.41, 5.74) is -0.187. The number of carbonyl (C=O) groups is 2. The number of carbonyl (C=O) groups excluding carboxylic acids is 1. The van der Waals surface area contributed by atoms with Gasteiger partial charge in [0.2, 0.25) is 0 Å². The highest BCUT2D eigenvalue weighted by Gasteiger charge is 2.31. The number of thioether (sulfide) groups is 1. The number of rotatable bonds is 7. The summed E-state index contributed by atoms with van der Waals surface area (Å²) in [6.07, 6.45) is 4.28. The van der Waals surface area contributed by atoms with Gasteiger partial charge in [-0.3, -0.25) is 4.90 Å². The van der Waals surface area contributed by atoms with Crippen LogP contribution in [0.4, 0.5) is 4.79 Å². The fraction of sp³-hybridized carbons (Fsp3) is 0.630. The molecule has 8 heteroatoms. The number of hydrogen-bond acceptors (Lipinski definition) is 6. The molecule has 1 atom stereocenters. The molecule has 1 unspecified atom stereocenters. The second-order valence-corrected chi connectivity index (χ2v) is 11.3. The molecule has 2 fully saturated rings. The number of alkyl carbamates (subject to hydrolysis) is 1. The maximum atomic E-state index is 12.1. The Bertz CT molecular complexity index is 889. The van der Waals surface area contributed by atoms with Crippen molar-refractivity contribution in [3.05, 3.63) is 29.8 Å². The molecule has 2 saturated heterocycles. The van der Waals surface area contributed by atoms with Gasteiger partial charge >= 0.3 is 12.1 Å². The van der Waals surface area contributed by atoms with Gasteiger partial charge in [-0.15, -0.1) is 17.7 Å². The van der Waals surface area contributed by atoms with E-state index >= 15 is 0 Å². The van der Waals surface area contributed by atoms with Gasteiger partial charge in [-0.25, -0.2) is 9.59 Å². The standard InChI is InChI=1S/C27H38N2O5S/c1-27(2,3)34-26(32)28-22-11-15-29(16-12-22)24(20-13-17-33-18-14-20)6-4-5-19-35-23-9-7-21(8-10-23)25(30)31/h7-10,20,22,24H,5,11-19H2,1-3H3,(H,28,32)(H,30,31). The molecule has 3 rings (SSSR count). The zero-order valence-electron chi connectivity index (χ0n) is 21.0. The molecule has 0 saturated carbocycles. The van der Waals surface area contributed by atoms with E-state index < -0.39 is 11.6 Å². The first-order chi connectivity index (χ1) is 16.7. The van der Waals surface area contributed by atoms with Crippen LogP contribution in [0.25, 0.3) is 0 Å². The summed E-state index contributed by atoms with van der Waals surface area (Å²) in [5, 5.41) is 12.0. The lowest BCUT2D eigenvalue weighted by molar-refractivity contribution is 0.0296. The van der Waals surface area contributed by atoms with Crippen molar-refractivity contribution in [2.24, 2.45) is 5.92 Å². The minimum Gasteiger partial charge on any atom is -0.478 e. The number of nitrogens with zero attached hydrogens (tertiary/aromatic N) is 1. The SMILES string of the molecule is CC(C)(C)OC(=O)NC1CCN(C(C#CCCSc2ccc(C(=O)O)cc2)C2CCOCC2)CC1. The number of nitrogens with one attached hydrogen (secondary N) is 1. The first kappa shape index (κ1) is 27.4. The summed E-state index contributed by atoms with van der Waals surface area (Å²) in [4.78, 5) is 26.7. The zero-order valence-corrected chi connectivity index (χ0v) is 21.9. The van der Waals surface area contributed by atoms with E-state index in [-0.39, 0.29) is 18.2 Å². The molecular weight excluding hydrogens is 464 g/mol. The molecule has 0 bridgehead atoms. The summed E-state index contributed by atoms with van der Waals surface area (Å²) < 4.78 is 11.0. The number of ether oxygens (including phenoxy) is 2. The molecule has 7 nitrogen and oxygen atoms in total. The minimum atomic E-state index is -0.906. The molecule has 0 radical (unpaired) electrons. The average Bonchev–Trinajstić information content (AvgIpc) is 2.82. The zero-order chi connectivity index (χ0) is 25.3. The fourth-order valence-electron chi connectivity index (χ4n) is 4.43. The van der Waals surface area contributed by atoms with Crippen LogP contribution in [0.5, 0.6) is 0 Å². The monoisotopic (exact) mass is 502 g/mol. The Kier molecular flexibility index (Phi) is 10.3. The van der Waals surface area contributed by atoms with Gasteiger partial charge in [-0.2, -0.15) is 0 Å². The lowest BCUT2D eigenvalue weighted by Crippen LogP contribution is -2.50. The maximum Gasteiger partial charge on any atom is 0.407 e. The number of hydrogen-bond donors (Lipinski definition) is 2. The first-order valence-electron chi connectivity index (χ1n) is 12.5. The van der Waals surface area contributed by atoms with Crippen LogP contribution < -0.4 is 5.32 Å². The largest absolute Gasteiger partial charge is 0.478 e. The average molecular weight is 503 g/mol. The first-order valence-corrected chi connectivity index (χ1v) is 13.5. The van der Waals surface area contributed by atoms with Crippen LogP contribution in [-0.4, -0.2) is 71.8 Å². The van der Waals surface area contributed by atoms with Crippen LogP contribution in [0.1, 0.15) is 63.2 Å². The van der Waals surface area contributed by atoms with Crippen LogP contribution in [-0.2, 0) is 9.47 Å². The predicted octanol–water partition coefficient (Wildman–Crippen LogP) is 4.65. The molecule has 35 heavy (non-hydrogen) atoms. The Morgan fingerprint density at radius 1 is 1.17 bits per heavy atom. The number of aromatic carboxylic acids is 1. The molecule has 2 N–H and O–H groups in total. The Morgan fingerprint density at radius 2 is 1.83 bits per heavy atom. The summed E-state index contributed by atoms with van der Waals surface area (Å²) in [7, 11) is 0. The van der Waals surface area contributed by atoms with Crippen LogP contribution in [0.3, 0.4) is 0 Å². The lowest BCUT2D eigenvalue weighted by atomic mass is 9.89. The van der Waals surface area contributed by atoms with Gasteiger partial charge in [0.1, 0.15) is 5.60 Å². The normalized spacial score (nSPS) is 18.8. The van der Waals surface area contributed by atoms with E-state index in [2.05, 4.69) is 22.1 Å². The molecule has 0 spiro atoms. The topological polar surface area (TPSA) is 88.1 Å².